The van der Waals surface area contributed by atoms with Crippen molar-refractivity contribution in [3.8, 4) is 5.75 Å². The zero-order valence-corrected chi connectivity index (χ0v) is 17.8. The summed E-state index contributed by atoms with van der Waals surface area (Å²) >= 11 is 0. The maximum absolute atomic E-state index is 12.6. The summed E-state index contributed by atoms with van der Waals surface area (Å²) in [5, 5.41) is 9.02. The van der Waals surface area contributed by atoms with E-state index in [1.807, 2.05) is 43.1 Å². The van der Waals surface area contributed by atoms with Crippen molar-refractivity contribution in [2.75, 3.05) is 46.9 Å². The molecule has 1 aliphatic heterocycles. The summed E-state index contributed by atoms with van der Waals surface area (Å²) in [6.07, 6.45) is 1.79. The Morgan fingerprint density at radius 1 is 1.29 bits per heavy atom. The first-order valence-corrected chi connectivity index (χ1v) is 9.48. The lowest BCUT2D eigenvalue weighted by molar-refractivity contribution is -0.139. The average molecular weight is 414 g/mol. The zero-order chi connectivity index (χ0) is 19.8. The molecule has 2 rings (SSSR count). The Morgan fingerprint density at radius 3 is 2.54 bits per heavy atom. The van der Waals surface area contributed by atoms with E-state index in [0.717, 1.165) is 43.8 Å². The Morgan fingerprint density at radius 2 is 1.96 bits per heavy atom. The van der Waals surface area contributed by atoms with Crippen LogP contribution in [0.25, 0.3) is 0 Å². The molecule has 0 aliphatic carbocycles. The van der Waals surface area contributed by atoms with E-state index in [-0.39, 0.29) is 30.9 Å². The number of likely N-dealkylation sites (tertiary alicyclic amines) is 1. The van der Waals surface area contributed by atoms with Crippen LogP contribution in [0, 0.1) is 0 Å². The van der Waals surface area contributed by atoms with Crippen LogP contribution in [0.4, 0.5) is 0 Å². The third kappa shape index (κ3) is 7.30. The van der Waals surface area contributed by atoms with Gasteiger partial charge in [0.15, 0.2) is 0 Å². The van der Waals surface area contributed by atoms with Crippen LogP contribution in [0.2, 0.25) is 0 Å². The van der Waals surface area contributed by atoms with Crippen LogP contribution in [0.5, 0.6) is 5.75 Å². The molecule has 1 heterocycles. The number of piperidine rings is 1. The molecule has 1 amide bonds. The van der Waals surface area contributed by atoms with Gasteiger partial charge < -0.3 is 14.7 Å². The predicted octanol–water partition coefficient (Wildman–Crippen LogP) is 1.95. The number of carbonyl (C=O) groups is 2. The first-order valence-electron chi connectivity index (χ1n) is 9.48. The largest absolute Gasteiger partial charge is 0.497 e. The van der Waals surface area contributed by atoms with Crippen molar-refractivity contribution in [1.82, 2.24) is 14.7 Å². The number of hydrogen-bond acceptors (Lipinski definition) is 5. The van der Waals surface area contributed by atoms with Gasteiger partial charge in [0, 0.05) is 32.7 Å². The highest BCUT2D eigenvalue weighted by Gasteiger charge is 2.26. The summed E-state index contributed by atoms with van der Waals surface area (Å²) in [6, 6.07) is 8.02. The number of halogens is 1. The quantitative estimate of drug-likeness (QED) is 0.667. The number of rotatable bonds is 9. The number of carboxylic acid groups (broad SMARTS) is 1. The first kappa shape index (κ1) is 24.2. The number of carbonyl (C=O) groups excluding carboxylic acids is 1. The number of methoxy groups -OCH3 is 1. The molecule has 0 radical (unpaired) electrons. The fourth-order valence-corrected chi connectivity index (χ4v) is 3.56. The van der Waals surface area contributed by atoms with Gasteiger partial charge in [-0.15, -0.1) is 12.4 Å². The van der Waals surface area contributed by atoms with E-state index in [1.54, 1.807) is 12.0 Å². The Labute approximate surface area is 173 Å². The molecule has 0 spiro atoms. The number of nitrogens with zero attached hydrogens (tertiary/aromatic N) is 3. The normalized spacial score (nSPS) is 15.1. The summed E-state index contributed by atoms with van der Waals surface area (Å²) in [5.41, 5.74) is 1.04. The standard InChI is InChI=1S/C20H31N3O4.ClH/c1-4-23(15-20(25)26)17-8-10-22(11-9-17)14-19(24)21(2)13-16-6-5-7-18(12-16)27-3;/h5-7,12,17H,4,8-11,13-15H2,1-3H3,(H,25,26);1H. The summed E-state index contributed by atoms with van der Waals surface area (Å²) in [4.78, 5) is 29.4. The zero-order valence-electron chi connectivity index (χ0n) is 17.0. The average Bonchev–Trinajstić information content (AvgIpc) is 2.66. The molecule has 7 nitrogen and oxygen atoms in total. The molecule has 1 aromatic carbocycles. The van der Waals surface area contributed by atoms with Gasteiger partial charge >= 0.3 is 5.97 Å². The van der Waals surface area contributed by atoms with E-state index < -0.39 is 5.97 Å². The molecule has 0 atom stereocenters. The molecular weight excluding hydrogens is 382 g/mol. The second kappa shape index (κ2) is 11.9. The van der Waals surface area contributed by atoms with Crippen molar-refractivity contribution in [1.29, 1.82) is 0 Å². The number of hydrogen-bond donors (Lipinski definition) is 1. The highest BCUT2D eigenvalue weighted by Crippen LogP contribution is 2.17. The van der Waals surface area contributed by atoms with Crippen LogP contribution in [-0.2, 0) is 16.1 Å². The van der Waals surface area contributed by atoms with E-state index in [1.165, 1.54) is 0 Å². The van der Waals surface area contributed by atoms with Crippen LogP contribution in [0.1, 0.15) is 25.3 Å². The maximum atomic E-state index is 12.6. The van der Waals surface area contributed by atoms with Crippen LogP contribution in [0.15, 0.2) is 24.3 Å². The third-order valence-electron chi connectivity index (χ3n) is 5.16. The van der Waals surface area contributed by atoms with Crippen molar-refractivity contribution in [3.63, 3.8) is 0 Å². The second-order valence-corrected chi connectivity index (χ2v) is 7.07. The SMILES string of the molecule is CCN(CC(=O)O)C1CCN(CC(=O)N(C)Cc2cccc(OC)c2)CC1.Cl. The van der Waals surface area contributed by atoms with Gasteiger partial charge in [-0.3, -0.25) is 19.4 Å². The molecule has 1 aliphatic rings. The smallest absolute Gasteiger partial charge is 0.317 e. The predicted molar refractivity (Wildman–Crippen MR) is 111 cm³/mol. The summed E-state index contributed by atoms with van der Waals surface area (Å²) in [5.74, 6) is 0.0973. The molecule has 1 aromatic rings. The molecule has 1 fully saturated rings. The van der Waals surface area contributed by atoms with Crippen molar-refractivity contribution in [2.45, 2.75) is 32.4 Å². The number of amides is 1. The fourth-order valence-electron chi connectivity index (χ4n) is 3.56. The van der Waals surface area contributed by atoms with E-state index in [9.17, 15) is 9.59 Å². The summed E-state index contributed by atoms with van der Waals surface area (Å²) in [7, 11) is 3.45. The maximum Gasteiger partial charge on any atom is 0.317 e. The Bertz CT molecular complexity index is 636. The number of carboxylic acids is 1. The minimum absolute atomic E-state index is 0. The molecule has 8 heteroatoms. The van der Waals surface area contributed by atoms with Gasteiger partial charge in [-0.1, -0.05) is 19.1 Å². The summed E-state index contributed by atoms with van der Waals surface area (Å²) < 4.78 is 5.23. The Kier molecular flexibility index (Phi) is 10.3. The Balaban J connectivity index is 0.00000392. The Hall–Kier alpha value is -1.83. The highest BCUT2D eigenvalue weighted by molar-refractivity contribution is 5.85. The molecule has 0 unspecified atom stereocenters. The molecule has 0 saturated carbocycles. The van der Waals surface area contributed by atoms with Crippen molar-refractivity contribution in [3.05, 3.63) is 29.8 Å². The van der Waals surface area contributed by atoms with Crippen molar-refractivity contribution in [2.24, 2.45) is 0 Å². The van der Waals surface area contributed by atoms with E-state index in [4.69, 9.17) is 9.84 Å². The van der Waals surface area contributed by atoms with Gasteiger partial charge in [-0.05, 0) is 37.1 Å². The topological polar surface area (TPSA) is 73.3 Å². The van der Waals surface area contributed by atoms with Crippen LogP contribution in [-0.4, -0.2) is 84.6 Å². The number of ether oxygens (including phenoxy) is 1. The lowest BCUT2D eigenvalue weighted by Crippen LogP contribution is -2.48. The van der Waals surface area contributed by atoms with Crippen molar-refractivity contribution < 1.29 is 19.4 Å². The van der Waals surface area contributed by atoms with Crippen molar-refractivity contribution >= 4 is 24.3 Å². The molecular formula is C20H32ClN3O4. The molecule has 0 bridgehead atoms. The number of aliphatic carboxylic acids is 1. The third-order valence-corrected chi connectivity index (χ3v) is 5.16. The number of likely N-dealkylation sites (N-methyl/N-ethyl adjacent to an activating group) is 2. The van der Waals surface area contributed by atoms with Gasteiger partial charge in [0.05, 0.1) is 20.2 Å². The van der Waals surface area contributed by atoms with Crippen LogP contribution < -0.4 is 4.74 Å². The van der Waals surface area contributed by atoms with Gasteiger partial charge in [0.25, 0.3) is 0 Å². The lowest BCUT2D eigenvalue weighted by Gasteiger charge is -2.37. The minimum Gasteiger partial charge on any atom is -0.497 e. The molecule has 158 valence electrons. The molecule has 1 N–H and O–H groups in total. The van der Waals surface area contributed by atoms with E-state index in [0.29, 0.717) is 13.1 Å². The highest BCUT2D eigenvalue weighted by atomic mass is 35.5. The van der Waals surface area contributed by atoms with Gasteiger partial charge in [-0.2, -0.15) is 0 Å². The van der Waals surface area contributed by atoms with Gasteiger partial charge in [0.1, 0.15) is 5.75 Å². The van der Waals surface area contributed by atoms with Crippen LogP contribution in [0.3, 0.4) is 0 Å². The van der Waals surface area contributed by atoms with E-state index >= 15 is 0 Å². The fraction of sp³-hybridized carbons (Fsp3) is 0.600. The number of benzene rings is 1. The first-order chi connectivity index (χ1) is 12.9. The molecule has 1 saturated heterocycles. The van der Waals surface area contributed by atoms with Gasteiger partial charge in [0.2, 0.25) is 5.91 Å². The van der Waals surface area contributed by atoms with Crippen LogP contribution >= 0.6 is 12.4 Å². The summed E-state index contributed by atoms with van der Waals surface area (Å²) in [6.45, 7) is 5.40. The minimum atomic E-state index is -0.784. The van der Waals surface area contributed by atoms with E-state index in [2.05, 4.69) is 4.90 Å². The molecule has 28 heavy (non-hydrogen) atoms. The van der Waals surface area contributed by atoms with Gasteiger partial charge in [-0.25, -0.2) is 0 Å². The lowest BCUT2D eigenvalue weighted by atomic mass is 10.0. The molecule has 0 aromatic heterocycles. The second-order valence-electron chi connectivity index (χ2n) is 7.07. The monoisotopic (exact) mass is 413 g/mol.